The number of nitrogens with two attached hydrogens (primary N) is 1. The molecule has 0 atom stereocenters. The molecule has 0 amide bonds. The van der Waals surface area contributed by atoms with Crippen LogP contribution in [0, 0.1) is 15.9 Å². The average Bonchev–Trinajstić information content (AvgIpc) is 2.62. The quantitative estimate of drug-likeness (QED) is 0.360. The fraction of sp³-hybridized carbons (Fsp3) is 0.188. The van der Waals surface area contributed by atoms with Crippen molar-refractivity contribution in [1.29, 1.82) is 0 Å². The predicted molar refractivity (Wildman–Crippen MR) is 97.4 cm³/mol. The minimum atomic E-state index is -0.542. The van der Waals surface area contributed by atoms with Gasteiger partial charge >= 0.3 is 0 Å². The molecule has 1 aliphatic rings. The molecule has 3 rings (SSSR count). The predicted octanol–water partition coefficient (Wildman–Crippen LogP) is 4.13. The van der Waals surface area contributed by atoms with Gasteiger partial charge in [-0.05, 0) is 18.2 Å². The standard InChI is InChI=1S/C16H13ClFN3O4S/c17-13-5-11(1-2-14(13)18)20-16(19)26-7-10-4-12(21(22)23)3-9-6-24-8-25-15(9)10/h1-5H,6-8H2,(H2,19,20). The van der Waals surface area contributed by atoms with Gasteiger partial charge in [0.2, 0.25) is 0 Å². The van der Waals surface area contributed by atoms with Crippen LogP contribution in [-0.2, 0) is 17.1 Å². The number of aliphatic imine (C=N–C) groups is 1. The van der Waals surface area contributed by atoms with E-state index in [0.29, 0.717) is 28.3 Å². The lowest BCUT2D eigenvalue weighted by Gasteiger charge is -2.20. The zero-order valence-corrected chi connectivity index (χ0v) is 14.8. The third-order valence-electron chi connectivity index (χ3n) is 3.50. The lowest BCUT2D eigenvalue weighted by Crippen LogP contribution is -2.14. The molecule has 2 aromatic rings. The van der Waals surface area contributed by atoms with E-state index in [9.17, 15) is 14.5 Å². The van der Waals surface area contributed by atoms with Gasteiger partial charge in [-0.15, -0.1) is 0 Å². The third-order valence-corrected chi connectivity index (χ3v) is 4.63. The number of nitro benzene ring substituents is 1. The number of benzene rings is 2. The zero-order chi connectivity index (χ0) is 18.7. The van der Waals surface area contributed by atoms with Crippen LogP contribution in [0.1, 0.15) is 11.1 Å². The van der Waals surface area contributed by atoms with Crippen molar-refractivity contribution in [1.82, 2.24) is 0 Å². The van der Waals surface area contributed by atoms with E-state index in [4.69, 9.17) is 26.8 Å². The fourth-order valence-corrected chi connectivity index (χ4v) is 3.22. The molecule has 0 aliphatic carbocycles. The summed E-state index contributed by atoms with van der Waals surface area (Å²) in [6.45, 7) is 0.326. The van der Waals surface area contributed by atoms with Crippen LogP contribution in [0.25, 0.3) is 0 Å². The number of hydrogen-bond donors (Lipinski definition) is 1. The highest BCUT2D eigenvalue weighted by Crippen LogP contribution is 2.35. The summed E-state index contributed by atoms with van der Waals surface area (Å²) in [6.07, 6.45) is 0. The van der Waals surface area contributed by atoms with E-state index >= 15 is 0 Å². The monoisotopic (exact) mass is 397 g/mol. The Morgan fingerprint density at radius 1 is 1.42 bits per heavy atom. The van der Waals surface area contributed by atoms with Crippen molar-refractivity contribution in [3.8, 4) is 5.75 Å². The number of halogens is 2. The van der Waals surface area contributed by atoms with Gasteiger partial charge in [-0.25, -0.2) is 9.38 Å². The van der Waals surface area contributed by atoms with Crippen molar-refractivity contribution in [3.05, 3.63) is 62.4 Å². The largest absolute Gasteiger partial charge is 0.467 e. The summed E-state index contributed by atoms with van der Waals surface area (Å²) in [7, 11) is 0. The van der Waals surface area contributed by atoms with E-state index in [2.05, 4.69) is 4.99 Å². The van der Waals surface area contributed by atoms with E-state index in [1.165, 1.54) is 42.1 Å². The van der Waals surface area contributed by atoms with Gasteiger partial charge in [0.25, 0.3) is 5.69 Å². The lowest BCUT2D eigenvalue weighted by atomic mass is 10.1. The Bertz CT molecular complexity index is 894. The van der Waals surface area contributed by atoms with Gasteiger partial charge in [-0.1, -0.05) is 23.4 Å². The molecule has 10 heteroatoms. The van der Waals surface area contributed by atoms with Gasteiger partial charge in [0.15, 0.2) is 12.0 Å². The number of ether oxygens (including phenoxy) is 2. The first-order valence-electron chi connectivity index (χ1n) is 7.37. The van der Waals surface area contributed by atoms with Crippen LogP contribution in [0.15, 0.2) is 35.3 Å². The van der Waals surface area contributed by atoms with E-state index < -0.39 is 10.7 Å². The second-order valence-electron chi connectivity index (χ2n) is 5.30. The number of nitrogens with zero attached hydrogens (tertiary/aromatic N) is 2. The van der Waals surface area contributed by atoms with Crippen molar-refractivity contribution in [2.75, 3.05) is 6.79 Å². The number of non-ortho nitro benzene ring substituents is 1. The van der Waals surface area contributed by atoms with Crippen LogP contribution in [0.5, 0.6) is 5.75 Å². The van der Waals surface area contributed by atoms with Crippen LogP contribution in [0.4, 0.5) is 15.8 Å². The van der Waals surface area contributed by atoms with Gasteiger partial charge in [-0.3, -0.25) is 10.1 Å². The topological polar surface area (TPSA) is 100.0 Å². The molecular formula is C16H13ClFN3O4S. The number of fused-ring (bicyclic) bond motifs is 1. The Balaban J connectivity index is 1.80. The molecule has 1 aliphatic heterocycles. The number of nitro groups is 1. The molecular weight excluding hydrogens is 385 g/mol. The molecule has 0 saturated carbocycles. The van der Waals surface area contributed by atoms with Crippen LogP contribution >= 0.6 is 23.4 Å². The molecule has 26 heavy (non-hydrogen) atoms. The van der Waals surface area contributed by atoms with Crippen molar-refractivity contribution in [3.63, 3.8) is 0 Å². The van der Waals surface area contributed by atoms with Gasteiger partial charge in [0.05, 0.1) is 22.2 Å². The number of rotatable bonds is 4. The van der Waals surface area contributed by atoms with Crippen molar-refractivity contribution in [2.45, 2.75) is 12.4 Å². The van der Waals surface area contributed by atoms with Crippen LogP contribution in [0.2, 0.25) is 5.02 Å². The lowest BCUT2D eigenvalue weighted by molar-refractivity contribution is -0.385. The number of amidine groups is 1. The molecule has 0 aromatic heterocycles. The summed E-state index contributed by atoms with van der Waals surface area (Å²) in [5, 5.41) is 11.3. The summed E-state index contributed by atoms with van der Waals surface area (Å²) >= 11 is 6.89. The molecule has 2 aromatic carbocycles. The second-order valence-corrected chi connectivity index (χ2v) is 6.70. The Morgan fingerprint density at radius 3 is 2.96 bits per heavy atom. The van der Waals surface area contributed by atoms with E-state index in [-0.39, 0.29) is 29.3 Å². The summed E-state index contributed by atoms with van der Waals surface area (Å²) < 4.78 is 23.8. The van der Waals surface area contributed by atoms with Gasteiger partial charge in [0.1, 0.15) is 11.6 Å². The highest BCUT2D eigenvalue weighted by Gasteiger charge is 2.21. The first-order chi connectivity index (χ1) is 12.4. The Hall–Kier alpha value is -2.36. The van der Waals surface area contributed by atoms with Crippen molar-refractivity contribution >= 4 is 39.9 Å². The highest BCUT2D eigenvalue weighted by atomic mass is 35.5. The maximum absolute atomic E-state index is 13.2. The van der Waals surface area contributed by atoms with E-state index in [1.54, 1.807) is 0 Å². The van der Waals surface area contributed by atoms with Gasteiger partial charge in [-0.2, -0.15) is 0 Å². The Morgan fingerprint density at radius 2 is 2.23 bits per heavy atom. The highest BCUT2D eigenvalue weighted by molar-refractivity contribution is 8.13. The molecule has 0 saturated heterocycles. The number of thioether (sulfide) groups is 1. The molecule has 0 radical (unpaired) electrons. The summed E-state index contributed by atoms with van der Waals surface area (Å²) in [5.41, 5.74) is 7.49. The minimum Gasteiger partial charge on any atom is -0.467 e. The SMILES string of the molecule is NC(=Nc1ccc(F)c(Cl)c1)SCc1cc([N+](=O)[O-])cc2c1OCOC2. The van der Waals surface area contributed by atoms with Crippen LogP contribution < -0.4 is 10.5 Å². The fourth-order valence-electron chi connectivity index (χ4n) is 2.36. The maximum Gasteiger partial charge on any atom is 0.270 e. The second kappa shape index (κ2) is 7.90. The first-order valence-corrected chi connectivity index (χ1v) is 8.73. The third kappa shape index (κ3) is 4.24. The van der Waals surface area contributed by atoms with Gasteiger partial charge < -0.3 is 15.2 Å². The molecule has 136 valence electrons. The normalized spacial score (nSPS) is 13.8. The van der Waals surface area contributed by atoms with Crippen molar-refractivity contribution < 1.29 is 18.8 Å². The molecule has 0 fully saturated rings. The Kier molecular flexibility index (Phi) is 5.60. The number of hydrogen-bond acceptors (Lipinski definition) is 6. The summed E-state index contributed by atoms with van der Waals surface area (Å²) in [4.78, 5) is 14.8. The van der Waals surface area contributed by atoms with Gasteiger partial charge in [0, 0.05) is 29.0 Å². The summed E-state index contributed by atoms with van der Waals surface area (Å²) in [6, 6.07) is 6.88. The van der Waals surface area contributed by atoms with E-state index in [0.717, 1.165) is 0 Å². The smallest absolute Gasteiger partial charge is 0.270 e. The maximum atomic E-state index is 13.2. The first kappa shape index (κ1) is 18.4. The zero-order valence-electron chi connectivity index (χ0n) is 13.3. The molecule has 1 heterocycles. The van der Waals surface area contributed by atoms with Crippen molar-refractivity contribution in [2.24, 2.45) is 10.7 Å². The molecule has 0 unspecified atom stereocenters. The molecule has 2 N–H and O–H groups in total. The van der Waals surface area contributed by atoms with Crippen LogP contribution in [-0.4, -0.2) is 16.9 Å². The minimum absolute atomic E-state index is 0.0470. The molecule has 7 nitrogen and oxygen atoms in total. The summed E-state index contributed by atoms with van der Waals surface area (Å²) in [5.74, 6) is 0.334. The molecule has 0 spiro atoms. The Labute approximate surface area is 157 Å². The average molecular weight is 398 g/mol. The van der Waals surface area contributed by atoms with Crippen LogP contribution in [0.3, 0.4) is 0 Å². The van der Waals surface area contributed by atoms with E-state index in [1.807, 2.05) is 0 Å². The molecule has 0 bridgehead atoms.